The third-order valence-corrected chi connectivity index (χ3v) is 3.83. The summed E-state index contributed by atoms with van der Waals surface area (Å²) in [5.41, 5.74) is -0.0595. The molecule has 2 aromatic heterocycles. The number of hydrogen-bond donors (Lipinski definition) is 1. The van der Waals surface area contributed by atoms with Gasteiger partial charge < -0.3 is 9.88 Å². The Balaban J connectivity index is 2.03. The fourth-order valence-electron chi connectivity index (χ4n) is 1.80. The van der Waals surface area contributed by atoms with Crippen molar-refractivity contribution < 1.29 is 0 Å². The Bertz CT molecular complexity index is 564. The lowest BCUT2D eigenvalue weighted by atomic mass is 10.2. The average molecular weight is 278 g/mol. The molecule has 0 amide bonds. The molecule has 0 aliphatic rings. The first kappa shape index (κ1) is 13.7. The topological polar surface area (TPSA) is 59.8 Å². The van der Waals surface area contributed by atoms with Crippen molar-refractivity contribution in [1.82, 2.24) is 14.5 Å². The number of aryl methyl sites for hydroxylation is 1. The predicted octanol–water partition coefficient (Wildman–Crippen LogP) is 2.33. The molecular weight excluding hydrogens is 260 g/mol. The maximum Gasteiger partial charge on any atom is 0.293 e. The van der Waals surface area contributed by atoms with E-state index < -0.39 is 0 Å². The second-order valence-corrected chi connectivity index (χ2v) is 5.35. The highest BCUT2D eigenvalue weighted by Gasteiger charge is 2.10. The number of hydrogen-bond acceptors (Lipinski definition) is 5. The van der Waals surface area contributed by atoms with E-state index in [4.69, 9.17) is 0 Å². The van der Waals surface area contributed by atoms with E-state index in [0.29, 0.717) is 12.4 Å². The molecule has 2 heterocycles. The van der Waals surface area contributed by atoms with Gasteiger partial charge in [0.1, 0.15) is 0 Å². The Morgan fingerprint density at radius 1 is 1.42 bits per heavy atom. The van der Waals surface area contributed by atoms with E-state index in [1.165, 1.54) is 0 Å². The molecule has 1 N–H and O–H groups in total. The van der Waals surface area contributed by atoms with Crippen molar-refractivity contribution in [3.63, 3.8) is 0 Å². The summed E-state index contributed by atoms with van der Waals surface area (Å²) in [7, 11) is 0. The highest BCUT2D eigenvalue weighted by atomic mass is 32.1. The lowest BCUT2D eigenvalue weighted by molar-refractivity contribution is 0.648. The number of thiazole rings is 1. The fourth-order valence-corrected chi connectivity index (χ4v) is 2.50. The molecular formula is C13H18N4OS. The second-order valence-electron chi connectivity index (χ2n) is 4.43. The van der Waals surface area contributed by atoms with Crippen molar-refractivity contribution >= 4 is 17.2 Å². The highest BCUT2D eigenvalue weighted by molar-refractivity contribution is 7.09. The van der Waals surface area contributed by atoms with E-state index in [0.717, 1.165) is 18.0 Å². The minimum Gasteiger partial charge on any atom is -0.365 e. The molecule has 102 valence electrons. The van der Waals surface area contributed by atoms with Crippen molar-refractivity contribution in [2.24, 2.45) is 0 Å². The summed E-state index contributed by atoms with van der Waals surface area (Å²) in [6, 6.07) is 0. The zero-order valence-corrected chi connectivity index (χ0v) is 12.0. The summed E-state index contributed by atoms with van der Waals surface area (Å²) < 4.78 is 1.68. The molecule has 19 heavy (non-hydrogen) atoms. The Labute approximate surface area is 116 Å². The summed E-state index contributed by atoms with van der Waals surface area (Å²) in [6.07, 6.45) is 6.11. The van der Waals surface area contributed by atoms with Crippen molar-refractivity contribution in [1.29, 1.82) is 0 Å². The van der Waals surface area contributed by atoms with Gasteiger partial charge in [0.25, 0.3) is 5.56 Å². The minimum atomic E-state index is -0.0595. The van der Waals surface area contributed by atoms with Gasteiger partial charge >= 0.3 is 0 Å². The van der Waals surface area contributed by atoms with Gasteiger partial charge in [0.05, 0.1) is 5.01 Å². The van der Waals surface area contributed by atoms with Gasteiger partial charge in [-0.15, -0.1) is 11.3 Å². The summed E-state index contributed by atoms with van der Waals surface area (Å²) in [6.45, 7) is 5.51. The van der Waals surface area contributed by atoms with Crippen LogP contribution in [-0.2, 0) is 6.54 Å². The van der Waals surface area contributed by atoms with Crippen LogP contribution in [0.1, 0.15) is 31.2 Å². The normalized spacial score (nSPS) is 12.3. The third kappa shape index (κ3) is 3.41. The maximum absolute atomic E-state index is 12.1. The maximum atomic E-state index is 12.1. The van der Waals surface area contributed by atoms with E-state index in [1.807, 2.05) is 12.3 Å². The first-order valence-corrected chi connectivity index (χ1v) is 7.29. The molecule has 0 saturated carbocycles. The Kier molecular flexibility index (Phi) is 4.68. The highest BCUT2D eigenvalue weighted by Crippen LogP contribution is 2.17. The monoisotopic (exact) mass is 278 g/mol. The molecule has 1 unspecified atom stereocenters. The second kappa shape index (κ2) is 6.47. The summed E-state index contributed by atoms with van der Waals surface area (Å²) in [5.74, 6) is 0.681. The number of nitrogens with zero attached hydrogens (tertiary/aromatic N) is 3. The van der Waals surface area contributed by atoms with Crippen LogP contribution in [0.15, 0.2) is 28.8 Å². The molecule has 5 nitrogen and oxygen atoms in total. The summed E-state index contributed by atoms with van der Waals surface area (Å²) in [5, 5.41) is 6.15. The van der Waals surface area contributed by atoms with Gasteiger partial charge in [-0.1, -0.05) is 13.8 Å². The minimum absolute atomic E-state index is 0.0595. The van der Waals surface area contributed by atoms with Gasteiger partial charge in [0.15, 0.2) is 5.82 Å². The van der Waals surface area contributed by atoms with Crippen LogP contribution in [0.4, 0.5) is 5.82 Å². The van der Waals surface area contributed by atoms with Crippen LogP contribution < -0.4 is 10.9 Å². The molecule has 2 rings (SSSR count). The molecule has 6 heteroatoms. The molecule has 0 radical (unpaired) electrons. The van der Waals surface area contributed by atoms with E-state index >= 15 is 0 Å². The Morgan fingerprint density at radius 2 is 2.26 bits per heavy atom. The van der Waals surface area contributed by atoms with Crippen LogP contribution in [0.5, 0.6) is 0 Å². The lowest BCUT2D eigenvalue weighted by Crippen LogP contribution is -2.25. The van der Waals surface area contributed by atoms with E-state index in [-0.39, 0.29) is 11.5 Å². The molecule has 0 saturated heterocycles. The first-order valence-electron chi connectivity index (χ1n) is 6.41. The molecule has 2 aromatic rings. The smallest absolute Gasteiger partial charge is 0.293 e. The SMILES string of the molecule is CCCn1ccnc(NCC(C)c2nccs2)c1=O. The van der Waals surface area contributed by atoms with E-state index in [2.05, 4.69) is 22.2 Å². The van der Waals surface area contributed by atoms with Gasteiger partial charge in [-0.05, 0) is 6.42 Å². The first-order chi connectivity index (χ1) is 9.22. The van der Waals surface area contributed by atoms with Crippen molar-refractivity contribution in [2.75, 3.05) is 11.9 Å². The quantitative estimate of drug-likeness (QED) is 0.881. The summed E-state index contributed by atoms with van der Waals surface area (Å²) >= 11 is 1.63. The number of nitrogens with one attached hydrogen (secondary N) is 1. The van der Waals surface area contributed by atoms with Gasteiger partial charge in [0.2, 0.25) is 0 Å². The number of rotatable bonds is 6. The van der Waals surface area contributed by atoms with E-state index in [9.17, 15) is 4.79 Å². The molecule has 0 spiro atoms. The van der Waals surface area contributed by atoms with E-state index in [1.54, 1.807) is 34.5 Å². The fraction of sp³-hybridized carbons (Fsp3) is 0.462. The molecule has 0 aliphatic carbocycles. The van der Waals surface area contributed by atoms with Crippen LogP contribution in [0.25, 0.3) is 0 Å². The standard InChI is InChI=1S/C13H18N4OS/c1-3-6-17-7-4-14-11(13(17)18)16-9-10(2)12-15-5-8-19-12/h4-5,7-8,10H,3,6,9H2,1-2H3,(H,14,16). The zero-order chi connectivity index (χ0) is 13.7. The Morgan fingerprint density at radius 3 is 2.95 bits per heavy atom. The third-order valence-electron chi connectivity index (χ3n) is 2.83. The van der Waals surface area contributed by atoms with Crippen LogP contribution in [0, 0.1) is 0 Å². The molecule has 0 aliphatic heterocycles. The molecule has 0 aromatic carbocycles. The van der Waals surface area contributed by atoms with Gasteiger partial charge in [-0.2, -0.15) is 0 Å². The van der Waals surface area contributed by atoms with Crippen LogP contribution >= 0.6 is 11.3 Å². The van der Waals surface area contributed by atoms with Gasteiger partial charge in [-0.25, -0.2) is 9.97 Å². The Hall–Kier alpha value is -1.69. The summed E-state index contributed by atoms with van der Waals surface area (Å²) in [4.78, 5) is 20.5. The van der Waals surface area contributed by atoms with Crippen molar-refractivity contribution in [3.05, 3.63) is 39.3 Å². The zero-order valence-electron chi connectivity index (χ0n) is 11.2. The van der Waals surface area contributed by atoms with Crippen LogP contribution in [0.2, 0.25) is 0 Å². The van der Waals surface area contributed by atoms with Gasteiger partial charge in [0, 0.05) is 43.0 Å². The van der Waals surface area contributed by atoms with Crippen LogP contribution in [0.3, 0.4) is 0 Å². The number of anilines is 1. The predicted molar refractivity (Wildman–Crippen MR) is 77.8 cm³/mol. The molecule has 1 atom stereocenters. The largest absolute Gasteiger partial charge is 0.365 e. The lowest BCUT2D eigenvalue weighted by Gasteiger charge is -2.11. The van der Waals surface area contributed by atoms with Crippen LogP contribution in [-0.4, -0.2) is 21.1 Å². The molecule has 0 bridgehead atoms. The van der Waals surface area contributed by atoms with Crippen molar-refractivity contribution in [2.45, 2.75) is 32.7 Å². The van der Waals surface area contributed by atoms with Crippen molar-refractivity contribution in [3.8, 4) is 0 Å². The molecule has 0 fully saturated rings. The average Bonchev–Trinajstić information content (AvgIpc) is 2.94. The number of aromatic nitrogens is 3. The van der Waals surface area contributed by atoms with Gasteiger partial charge in [-0.3, -0.25) is 4.79 Å².